The Labute approximate surface area is 206 Å². The van der Waals surface area contributed by atoms with Gasteiger partial charge in [0.25, 0.3) is 5.91 Å². The van der Waals surface area contributed by atoms with Crippen molar-refractivity contribution in [3.8, 4) is 0 Å². The molecule has 1 aromatic heterocycles. The third-order valence-corrected chi connectivity index (χ3v) is 7.50. The van der Waals surface area contributed by atoms with Crippen LogP contribution >= 0.6 is 0 Å². The number of carbonyl (C=O) groups excluding carboxylic acids is 2. The lowest BCUT2D eigenvalue weighted by Crippen LogP contribution is -2.42. The minimum atomic E-state index is -0.0345. The first kappa shape index (κ1) is 23.5. The number of hydrogen-bond donors (Lipinski definition) is 3. The summed E-state index contributed by atoms with van der Waals surface area (Å²) in [6, 6.07) is 6.29. The van der Waals surface area contributed by atoms with E-state index in [2.05, 4.69) is 25.8 Å². The highest BCUT2D eigenvalue weighted by atomic mass is 16.2. The number of hydrogen-bond acceptors (Lipinski definition) is 7. The van der Waals surface area contributed by atoms with E-state index in [4.69, 9.17) is 4.98 Å². The molecule has 0 bridgehead atoms. The topological polar surface area (TPSA) is 102 Å². The highest BCUT2D eigenvalue weighted by Crippen LogP contribution is 2.36. The molecule has 2 amide bonds. The summed E-state index contributed by atoms with van der Waals surface area (Å²) in [5.41, 5.74) is 3.21. The Morgan fingerprint density at radius 1 is 1.14 bits per heavy atom. The summed E-state index contributed by atoms with van der Waals surface area (Å²) in [6.45, 7) is 4.53. The molecule has 0 atom stereocenters. The quantitative estimate of drug-likeness (QED) is 0.608. The number of nitrogens with zero attached hydrogens (tertiary/aromatic N) is 4. The zero-order valence-corrected chi connectivity index (χ0v) is 20.6. The molecule has 2 aromatic rings. The molecule has 2 fully saturated rings. The number of piperidine rings is 1. The van der Waals surface area contributed by atoms with Crippen LogP contribution in [0.4, 0.5) is 23.1 Å². The van der Waals surface area contributed by atoms with E-state index < -0.39 is 0 Å². The number of aryl methyl sites for hydroxylation is 1. The van der Waals surface area contributed by atoms with Gasteiger partial charge in [0, 0.05) is 43.3 Å². The van der Waals surface area contributed by atoms with E-state index in [1.54, 1.807) is 18.1 Å². The number of anilines is 4. The van der Waals surface area contributed by atoms with Crippen LogP contribution in [0.1, 0.15) is 60.9 Å². The molecule has 0 spiro atoms. The second kappa shape index (κ2) is 10.2. The molecule has 3 heterocycles. The van der Waals surface area contributed by atoms with Crippen LogP contribution in [0.2, 0.25) is 0 Å². The van der Waals surface area contributed by atoms with Crippen molar-refractivity contribution in [1.82, 2.24) is 20.6 Å². The van der Waals surface area contributed by atoms with Gasteiger partial charge < -0.3 is 25.8 Å². The average Bonchev–Trinajstić information content (AvgIpc) is 3.36. The van der Waals surface area contributed by atoms with Crippen LogP contribution in [0.15, 0.2) is 24.4 Å². The molecule has 3 N–H and O–H groups in total. The van der Waals surface area contributed by atoms with Crippen molar-refractivity contribution in [3.05, 3.63) is 35.5 Å². The normalized spacial score (nSPS) is 19.4. The highest BCUT2D eigenvalue weighted by Gasteiger charge is 2.31. The Balaban J connectivity index is 1.35. The van der Waals surface area contributed by atoms with Gasteiger partial charge in [0.1, 0.15) is 5.69 Å². The maximum atomic E-state index is 12.7. The predicted molar refractivity (Wildman–Crippen MR) is 137 cm³/mol. The zero-order valence-electron chi connectivity index (χ0n) is 20.6. The Morgan fingerprint density at radius 2 is 1.91 bits per heavy atom. The lowest BCUT2D eigenvalue weighted by molar-refractivity contribution is -0.118. The molecule has 1 saturated carbocycles. The molecular weight excluding hydrogens is 442 g/mol. The van der Waals surface area contributed by atoms with E-state index in [-0.39, 0.29) is 17.9 Å². The van der Waals surface area contributed by atoms with Crippen LogP contribution < -0.4 is 25.8 Å². The van der Waals surface area contributed by atoms with Crippen LogP contribution in [0, 0.1) is 6.92 Å². The summed E-state index contributed by atoms with van der Waals surface area (Å²) in [5.74, 6) is 1.36. The van der Waals surface area contributed by atoms with Crippen LogP contribution in [0.5, 0.6) is 0 Å². The lowest BCUT2D eigenvalue weighted by atomic mass is 10.0. The monoisotopic (exact) mass is 477 g/mol. The first-order valence-electron chi connectivity index (χ1n) is 12.8. The van der Waals surface area contributed by atoms with Gasteiger partial charge in [0.15, 0.2) is 5.82 Å². The number of benzene rings is 1. The van der Waals surface area contributed by atoms with Crippen LogP contribution in [-0.4, -0.2) is 60.5 Å². The van der Waals surface area contributed by atoms with Gasteiger partial charge in [0.2, 0.25) is 11.9 Å². The van der Waals surface area contributed by atoms with E-state index in [1.807, 2.05) is 25.1 Å². The molecule has 1 aliphatic carbocycles. The summed E-state index contributed by atoms with van der Waals surface area (Å²) in [7, 11) is 1.80. The maximum absolute atomic E-state index is 12.7. The Kier molecular flexibility index (Phi) is 6.86. The van der Waals surface area contributed by atoms with Crippen molar-refractivity contribution in [1.29, 1.82) is 0 Å². The smallest absolute Gasteiger partial charge is 0.251 e. The number of amides is 2. The number of carbonyl (C=O) groups is 2. The molecule has 2 aliphatic heterocycles. The molecule has 186 valence electrons. The van der Waals surface area contributed by atoms with E-state index >= 15 is 0 Å². The van der Waals surface area contributed by atoms with E-state index in [9.17, 15) is 9.59 Å². The minimum Gasteiger partial charge on any atom is -0.351 e. The summed E-state index contributed by atoms with van der Waals surface area (Å²) < 4.78 is 0. The van der Waals surface area contributed by atoms with E-state index in [0.29, 0.717) is 30.5 Å². The van der Waals surface area contributed by atoms with Gasteiger partial charge in [0.05, 0.1) is 6.20 Å². The largest absolute Gasteiger partial charge is 0.351 e. The first-order chi connectivity index (χ1) is 17.0. The van der Waals surface area contributed by atoms with Crippen molar-refractivity contribution in [2.75, 3.05) is 41.8 Å². The zero-order chi connectivity index (χ0) is 24.4. The van der Waals surface area contributed by atoms with E-state index in [0.717, 1.165) is 61.5 Å². The summed E-state index contributed by atoms with van der Waals surface area (Å²) >= 11 is 0. The minimum absolute atomic E-state index is 0.0345. The van der Waals surface area contributed by atoms with Gasteiger partial charge in [-0.3, -0.25) is 9.59 Å². The number of aromatic nitrogens is 2. The third kappa shape index (κ3) is 5.10. The van der Waals surface area contributed by atoms with Crippen LogP contribution in [0.3, 0.4) is 0 Å². The van der Waals surface area contributed by atoms with Crippen LogP contribution in [-0.2, 0) is 4.79 Å². The molecule has 35 heavy (non-hydrogen) atoms. The maximum Gasteiger partial charge on any atom is 0.251 e. The summed E-state index contributed by atoms with van der Waals surface area (Å²) in [5, 5.41) is 9.80. The van der Waals surface area contributed by atoms with Crippen molar-refractivity contribution in [2.45, 2.75) is 64.0 Å². The summed E-state index contributed by atoms with van der Waals surface area (Å²) in [6.07, 6.45) is 8.82. The Hall–Kier alpha value is -3.20. The molecule has 1 aromatic carbocycles. The van der Waals surface area contributed by atoms with Gasteiger partial charge in [-0.1, -0.05) is 12.8 Å². The fourth-order valence-electron chi connectivity index (χ4n) is 5.37. The van der Waals surface area contributed by atoms with E-state index in [1.165, 1.54) is 12.8 Å². The molecule has 0 unspecified atom stereocenters. The van der Waals surface area contributed by atoms with Crippen molar-refractivity contribution in [2.24, 2.45) is 0 Å². The SMILES string of the molecule is Cc1cc(C(=O)NC2CCNCC2)ccc1Nc1ncc2c(n1)N(C1CCCC1)CCC(=O)N2C. The van der Waals surface area contributed by atoms with Crippen molar-refractivity contribution in [3.63, 3.8) is 0 Å². The fourth-order valence-corrected chi connectivity index (χ4v) is 5.37. The molecule has 3 aliphatic rings. The van der Waals surface area contributed by atoms with Gasteiger partial charge >= 0.3 is 0 Å². The van der Waals surface area contributed by atoms with Gasteiger partial charge in [-0.25, -0.2) is 4.98 Å². The lowest BCUT2D eigenvalue weighted by Gasteiger charge is -2.30. The summed E-state index contributed by atoms with van der Waals surface area (Å²) in [4.78, 5) is 38.7. The molecule has 9 nitrogen and oxygen atoms in total. The third-order valence-electron chi connectivity index (χ3n) is 7.50. The predicted octanol–water partition coefficient (Wildman–Crippen LogP) is 3.13. The molecular formula is C26H35N7O2. The number of rotatable bonds is 5. The number of nitrogens with one attached hydrogen (secondary N) is 3. The van der Waals surface area contributed by atoms with Gasteiger partial charge in [-0.05, 0) is 69.5 Å². The van der Waals surface area contributed by atoms with Gasteiger partial charge in [-0.15, -0.1) is 0 Å². The highest BCUT2D eigenvalue weighted by molar-refractivity contribution is 5.97. The van der Waals surface area contributed by atoms with Crippen molar-refractivity contribution < 1.29 is 9.59 Å². The Morgan fingerprint density at radius 3 is 2.66 bits per heavy atom. The second-order valence-corrected chi connectivity index (χ2v) is 9.89. The Bertz CT molecular complexity index is 1090. The molecule has 9 heteroatoms. The number of fused-ring (bicyclic) bond motifs is 1. The average molecular weight is 478 g/mol. The van der Waals surface area contributed by atoms with Crippen LogP contribution in [0.25, 0.3) is 0 Å². The molecule has 0 radical (unpaired) electrons. The second-order valence-electron chi connectivity index (χ2n) is 9.89. The van der Waals surface area contributed by atoms with Crippen molar-refractivity contribution >= 4 is 35.0 Å². The molecule has 1 saturated heterocycles. The fraction of sp³-hybridized carbons (Fsp3) is 0.538. The first-order valence-corrected chi connectivity index (χ1v) is 12.8. The molecule has 5 rings (SSSR count). The van der Waals surface area contributed by atoms with Gasteiger partial charge in [-0.2, -0.15) is 4.98 Å². The standard InChI is InChI=1S/C26H35N7O2/c1-17-15-18(25(35)29-19-9-12-27-13-10-19)7-8-21(17)30-26-28-16-22-24(31-26)33(20-5-3-4-6-20)14-11-23(34)32(22)2/h7-8,15-16,19-20,27H,3-6,9-14H2,1-2H3,(H,29,35)(H,28,30,31).